The first-order valence-corrected chi connectivity index (χ1v) is 4.92. The number of hydrogen-bond acceptors (Lipinski definition) is 4. The number of rotatable bonds is 3. The molecule has 2 N–H and O–H groups in total. The van der Waals surface area contributed by atoms with E-state index in [0.717, 1.165) is 5.06 Å². The molecule has 0 aliphatic carbocycles. The monoisotopic (exact) mass is 229 g/mol. The standard InChI is InChI=1S/C9H15N3O4/c1-12(16-2)8(14)5-6-9(15)10-4-3-7(13)11-6/h6H,3-5H2,1-2H3,(H,10,15)(H,11,13)/t6-/m0/s1. The van der Waals surface area contributed by atoms with E-state index >= 15 is 0 Å². The van der Waals surface area contributed by atoms with Gasteiger partial charge in [-0.2, -0.15) is 0 Å². The van der Waals surface area contributed by atoms with Crippen LogP contribution in [0.4, 0.5) is 0 Å². The lowest BCUT2D eigenvalue weighted by Crippen LogP contribution is -2.45. The molecule has 0 bridgehead atoms. The Morgan fingerprint density at radius 3 is 2.88 bits per heavy atom. The molecule has 1 rings (SSSR count). The van der Waals surface area contributed by atoms with Crippen LogP contribution in [0.1, 0.15) is 12.8 Å². The van der Waals surface area contributed by atoms with Crippen molar-refractivity contribution in [2.45, 2.75) is 18.9 Å². The van der Waals surface area contributed by atoms with Crippen molar-refractivity contribution in [3.8, 4) is 0 Å². The maximum atomic E-state index is 11.5. The largest absolute Gasteiger partial charge is 0.354 e. The molecule has 0 aromatic heterocycles. The second-order valence-electron chi connectivity index (χ2n) is 3.44. The highest BCUT2D eigenvalue weighted by Crippen LogP contribution is 2.01. The third-order valence-electron chi connectivity index (χ3n) is 2.31. The Morgan fingerprint density at radius 2 is 2.25 bits per heavy atom. The van der Waals surface area contributed by atoms with E-state index in [1.165, 1.54) is 14.2 Å². The first-order valence-electron chi connectivity index (χ1n) is 4.92. The van der Waals surface area contributed by atoms with Gasteiger partial charge in [0.2, 0.25) is 17.7 Å². The van der Waals surface area contributed by atoms with Crippen LogP contribution in [-0.4, -0.2) is 49.5 Å². The van der Waals surface area contributed by atoms with Gasteiger partial charge in [0.25, 0.3) is 0 Å². The molecule has 0 aromatic carbocycles. The predicted molar refractivity (Wildman–Crippen MR) is 54.0 cm³/mol. The second kappa shape index (κ2) is 5.45. The molecule has 0 radical (unpaired) electrons. The van der Waals surface area contributed by atoms with Gasteiger partial charge in [-0.05, 0) is 0 Å². The van der Waals surface area contributed by atoms with Crippen LogP contribution in [-0.2, 0) is 19.2 Å². The predicted octanol–water partition coefficient (Wildman–Crippen LogP) is -1.60. The minimum absolute atomic E-state index is 0.109. The molecule has 1 fully saturated rings. The Balaban J connectivity index is 2.59. The van der Waals surface area contributed by atoms with Crippen LogP contribution in [0.3, 0.4) is 0 Å². The molecule has 1 saturated heterocycles. The molecule has 16 heavy (non-hydrogen) atoms. The van der Waals surface area contributed by atoms with Crippen molar-refractivity contribution >= 4 is 17.7 Å². The highest BCUT2D eigenvalue weighted by molar-refractivity contribution is 5.93. The fourth-order valence-electron chi connectivity index (χ4n) is 1.30. The first kappa shape index (κ1) is 12.4. The van der Waals surface area contributed by atoms with E-state index in [1.54, 1.807) is 0 Å². The molecule has 0 aromatic rings. The molecule has 0 unspecified atom stereocenters. The zero-order valence-corrected chi connectivity index (χ0v) is 9.28. The number of carbonyl (C=O) groups is 3. The van der Waals surface area contributed by atoms with E-state index < -0.39 is 6.04 Å². The summed E-state index contributed by atoms with van der Waals surface area (Å²) in [7, 11) is 2.79. The lowest BCUT2D eigenvalue weighted by molar-refractivity contribution is -0.169. The van der Waals surface area contributed by atoms with Gasteiger partial charge in [0.1, 0.15) is 6.04 Å². The number of nitrogens with zero attached hydrogens (tertiary/aromatic N) is 1. The molecular weight excluding hydrogens is 214 g/mol. The van der Waals surface area contributed by atoms with E-state index in [0.29, 0.717) is 6.54 Å². The Hall–Kier alpha value is -1.63. The fraction of sp³-hybridized carbons (Fsp3) is 0.667. The summed E-state index contributed by atoms with van der Waals surface area (Å²) in [6.07, 6.45) is 0.123. The zero-order chi connectivity index (χ0) is 12.1. The maximum absolute atomic E-state index is 11.5. The molecule has 0 saturated carbocycles. The van der Waals surface area contributed by atoms with E-state index in [9.17, 15) is 14.4 Å². The van der Waals surface area contributed by atoms with Crippen molar-refractivity contribution in [2.75, 3.05) is 20.7 Å². The molecule has 7 nitrogen and oxygen atoms in total. The van der Waals surface area contributed by atoms with Gasteiger partial charge < -0.3 is 10.6 Å². The third kappa shape index (κ3) is 3.20. The SMILES string of the molecule is CON(C)C(=O)C[C@@H]1NC(=O)CCNC1=O. The minimum atomic E-state index is -0.819. The topological polar surface area (TPSA) is 87.7 Å². The van der Waals surface area contributed by atoms with Crippen molar-refractivity contribution in [1.29, 1.82) is 0 Å². The Morgan fingerprint density at radius 1 is 1.56 bits per heavy atom. The van der Waals surface area contributed by atoms with Crippen LogP contribution < -0.4 is 10.6 Å². The van der Waals surface area contributed by atoms with Crippen molar-refractivity contribution in [2.24, 2.45) is 0 Å². The van der Waals surface area contributed by atoms with Crippen LogP contribution in [0.15, 0.2) is 0 Å². The van der Waals surface area contributed by atoms with E-state index in [-0.39, 0.29) is 30.6 Å². The number of carbonyl (C=O) groups excluding carboxylic acids is 3. The summed E-state index contributed by atoms with van der Waals surface area (Å²) in [4.78, 5) is 38.8. The summed E-state index contributed by atoms with van der Waals surface area (Å²) in [5, 5.41) is 6.06. The van der Waals surface area contributed by atoms with Gasteiger partial charge in [-0.15, -0.1) is 0 Å². The van der Waals surface area contributed by atoms with Gasteiger partial charge >= 0.3 is 0 Å². The van der Waals surface area contributed by atoms with Crippen LogP contribution in [0.5, 0.6) is 0 Å². The molecule has 7 heteroatoms. The summed E-state index contributed by atoms with van der Waals surface area (Å²) < 4.78 is 0. The third-order valence-corrected chi connectivity index (χ3v) is 2.31. The van der Waals surface area contributed by atoms with Crippen molar-refractivity contribution in [3.05, 3.63) is 0 Å². The Labute approximate surface area is 93.1 Å². The summed E-state index contributed by atoms with van der Waals surface area (Å²) in [6.45, 7) is 0.301. The number of hydroxylamine groups is 2. The Bertz CT molecular complexity index is 305. The first-order chi connectivity index (χ1) is 7.54. The second-order valence-corrected chi connectivity index (χ2v) is 3.44. The average Bonchev–Trinajstić information content (AvgIpc) is 2.40. The zero-order valence-electron chi connectivity index (χ0n) is 9.28. The molecule has 90 valence electrons. The van der Waals surface area contributed by atoms with Gasteiger partial charge in [-0.1, -0.05) is 0 Å². The van der Waals surface area contributed by atoms with Crippen molar-refractivity contribution in [1.82, 2.24) is 15.7 Å². The number of nitrogens with one attached hydrogen (secondary N) is 2. The van der Waals surface area contributed by atoms with Gasteiger partial charge in [-0.3, -0.25) is 19.2 Å². The van der Waals surface area contributed by atoms with Gasteiger partial charge in [0, 0.05) is 20.0 Å². The minimum Gasteiger partial charge on any atom is -0.354 e. The highest BCUT2D eigenvalue weighted by Gasteiger charge is 2.27. The van der Waals surface area contributed by atoms with Gasteiger partial charge in [-0.25, -0.2) is 5.06 Å². The fourth-order valence-corrected chi connectivity index (χ4v) is 1.30. The Kier molecular flexibility index (Phi) is 4.24. The van der Waals surface area contributed by atoms with Gasteiger partial charge in [0.05, 0.1) is 13.5 Å². The normalized spacial score (nSPS) is 20.8. The molecule has 0 spiro atoms. The van der Waals surface area contributed by atoms with E-state index in [2.05, 4.69) is 15.5 Å². The molecular formula is C9H15N3O4. The maximum Gasteiger partial charge on any atom is 0.248 e. The molecule has 1 heterocycles. The summed E-state index contributed by atoms with van der Waals surface area (Å²) in [5.41, 5.74) is 0. The van der Waals surface area contributed by atoms with Crippen LogP contribution in [0.2, 0.25) is 0 Å². The number of hydrogen-bond donors (Lipinski definition) is 2. The lowest BCUT2D eigenvalue weighted by Gasteiger charge is -2.18. The smallest absolute Gasteiger partial charge is 0.248 e. The van der Waals surface area contributed by atoms with E-state index in [4.69, 9.17) is 0 Å². The summed E-state index contributed by atoms with van der Waals surface area (Å²) >= 11 is 0. The average molecular weight is 229 g/mol. The quantitative estimate of drug-likeness (QED) is 0.571. The molecule has 3 amide bonds. The van der Waals surface area contributed by atoms with Crippen molar-refractivity contribution in [3.63, 3.8) is 0 Å². The summed E-state index contributed by atoms with van der Waals surface area (Å²) in [5.74, 6) is -0.954. The highest BCUT2D eigenvalue weighted by atomic mass is 16.7. The van der Waals surface area contributed by atoms with Crippen molar-refractivity contribution < 1.29 is 19.2 Å². The summed E-state index contributed by atoms with van der Waals surface area (Å²) in [6, 6.07) is -0.819. The molecule has 1 atom stereocenters. The lowest BCUT2D eigenvalue weighted by atomic mass is 10.2. The molecule has 1 aliphatic rings. The molecule has 1 aliphatic heterocycles. The van der Waals surface area contributed by atoms with Crippen LogP contribution in [0.25, 0.3) is 0 Å². The van der Waals surface area contributed by atoms with Gasteiger partial charge in [0.15, 0.2) is 0 Å². The van der Waals surface area contributed by atoms with E-state index in [1.807, 2.05) is 0 Å². The van der Waals surface area contributed by atoms with Crippen LogP contribution >= 0.6 is 0 Å². The number of amides is 3. The van der Waals surface area contributed by atoms with Crippen LogP contribution in [0, 0.1) is 0 Å².